The Morgan fingerprint density at radius 3 is 2.31 bits per heavy atom. The van der Waals surface area contributed by atoms with Gasteiger partial charge in [-0.25, -0.2) is 24.5 Å². The first-order chi connectivity index (χ1) is 18.3. The molecule has 1 aliphatic rings. The fraction of sp³-hybridized carbons (Fsp3) is 0.500. The Morgan fingerprint density at radius 2 is 1.72 bits per heavy atom. The number of nitrogens with zero attached hydrogens (tertiary/aromatic N) is 6. The summed E-state index contributed by atoms with van der Waals surface area (Å²) in [7, 11) is 3.50. The molecule has 1 saturated carbocycles. The summed E-state index contributed by atoms with van der Waals surface area (Å²) in [4.78, 5) is 53.6. The van der Waals surface area contributed by atoms with E-state index in [1.807, 2.05) is 13.0 Å². The van der Waals surface area contributed by atoms with Crippen LogP contribution < -0.4 is 4.90 Å². The topological polar surface area (TPSA) is 131 Å². The molecule has 208 valence electrons. The summed E-state index contributed by atoms with van der Waals surface area (Å²) in [6.07, 6.45) is 5.60. The van der Waals surface area contributed by atoms with Crippen molar-refractivity contribution in [2.24, 2.45) is 0 Å². The van der Waals surface area contributed by atoms with Gasteiger partial charge in [0.1, 0.15) is 24.1 Å². The van der Waals surface area contributed by atoms with E-state index in [4.69, 9.17) is 9.72 Å². The zero-order valence-electron chi connectivity index (χ0n) is 23.6. The second-order valence-corrected chi connectivity index (χ2v) is 11.2. The first-order valence-electron chi connectivity index (χ1n) is 13.1. The van der Waals surface area contributed by atoms with Crippen LogP contribution in [0.3, 0.4) is 0 Å². The number of hydrogen-bond donors (Lipinski definition) is 1. The highest BCUT2D eigenvalue weighted by Gasteiger charge is 2.33. The number of amides is 3. The Morgan fingerprint density at radius 1 is 1.05 bits per heavy atom. The number of ether oxygens (including phenoxy) is 1. The number of aromatic nitrogens is 4. The van der Waals surface area contributed by atoms with Crippen LogP contribution in [0.4, 0.5) is 15.4 Å². The quantitative estimate of drug-likeness (QED) is 0.456. The Bertz CT molecular complexity index is 1430. The number of carboxylic acid groups (broad SMARTS) is 1. The molecule has 39 heavy (non-hydrogen) atoms. The normalized spacial score (nSPS) is 14.3. The van der Waals surface area contributed by atoms with E-state index in [1.54, 1.807) is 57.6 Å². The standard InChI is InChI=1S/C28H36N6O5/c1-16-13-19-22(21(18-11-9-8-10-12-18)20(16)25(35)32(6)7)31-15-33(19)23-17(2)24(30-14-29-23)34(26(36)37)27(38)39-28(3,4)5/h13-15,18H,8-12H2,1-7H3,(H,36,37). The fourth-order valence-electron chi connectivity index (χ4n) is 5.24. The monoisotopic (exact) mass is 536 g/mol. The fourth-order valence-corrected chi connectivity index (χ4v) is 5.24. The van der Waals surface area contributed by atoms with E-state index in [1.165, 1.54) is 12.7 Å². The first-order valence-corrected chi connectivity index (χ1v) is 13.1. The minimum atomic E-state index is -1.52. The molecule has 3 amide bonds. The van der Waals surface area contributed by atoms with Crippen molar-refractivity contribution >= 4 is 34.9 Å². The molecule has 1 N–H and O–H groups in total. The highest BCUT2D eigenvalue weighted by Crippen LogP contribution is 2.40. The third kappa shape index (κ3) is 5.43. The van der Waals surface area contributed by atoms with Crippen molar-refractivity contribution in [3.8, 4) is 5.82 Å². The highest BCUT2D eigenvalue weighted by molar-refractivity contribution is 6.08. The minimum Gasteiger partial charge on any atom is -0.464 e. The lowest BCUT2D eigenvalue weighted by molar-refractivity contribution is 0.0580. The largest absolute Gasteiger partial charge is 0.464 e. The van der Waals surface area contributed by atoms with Crippen molar-refractivity contribution in [1.29, 1.82) is 0 Å². The summed E-state index contributed by atoms with van der Waals surface area (Å²) in [5, 5.41) is 9.87. The van der Waals surface area contributed by atoms with Crippen LogP contribution in [0, 0.1) is 13.8 Å². The number of benzene rings is 1. The average molecular weight is 537 g/mol. The summed E-state index contributed by atoms with van der Waals surface area (Å²) in [6, 6.07) is 1.91. The lowest BCUT2D eigenvalue weighted by Gasteiger charge is -2.26. The molecule has 3 aromatic rings. The van der Waals surface area contributed by atoms with Crippen molar-refractivity contribution < 1.29 is 24.2 Å². The maximum atomic E-state index is 13.3. The number of anilines is 1. The number of aryl methyl sites for hydroxylation is 1. The number of imidazole rings is 1. The highest BCUT2D eigenvalue weighted by atomic mass is 16.6. The minimum absolute atomic E-state index is 0.0560. The Balaban J connectivity index is 1.91. The maximum Gasteiger partial charge on any atom is 0.425 e. The summed E-state index contributed by atoms with van der Waals surface area (Å²) in [6.45, 7) is 8.54. The van der Waals surface area contributed by atoms with E-state index in [-0.39, 0.29) is 17.6 Å². The van der Waals surface area contributed by atoms with Crippen molar-refractivity contribution in [1.82, 2.24) is 24.4 Å². The molecule has 0 unspecified atom stereocenters. The Kier molecular flexibility index (Phi) is 7.63. The molecule has 11 heteroatoms. The van der Waals surface area contributed by atoms with Gasteiger partial charge in [0.15, 0.2) is 5.82 Å². The molecule has 4 rings (SSSR count). The van der Waals surface area contributed by atoms with Crippen molar-refractivity contribution in [3.05, 3.63) is 41.0 Å². The molecule has 0 spiro atoms. The number of hydrogen-bond acceptors (Lipinski definition) is 7. The average Bonchev–Trinajstić information content (AvgIpc) is 3.26. The van der Waals surface area contributed by atoms with Gasteiger partial charge in [0.25, 0.3) is 5.91 Å². The molecule has 1 aliphatic carbocycles. The second kappa shape index (κ2) is 10.6. The van der Waals surface area contributed by atoms with E-state index >= 15 is 0 Å². The predicted octanol–water partition coefficient (Wildman–Crippen LogP) is 5.60. The van der Waals surface area contributed by atoms with Gasteiger partial charge in [-0.15, -0.1) is 0 Å². The third-order valence-corrected chi connectivity index (χ3v) is 6.95. The van der Waals surface area contributed by atoms with Crippen molar-refractivity contribution in [2.75, 3.05) is 19.0 Å². The summed E-state index contributed by atoms with van der Waals surface area (Å²) in [5.74, 6) is 0.421. The molecule has 2 aromatic heterocycles. The Hall–Kier alpha value is -4.02. The molecule has 0 aliphatic heterocycles. The molecule has 1 fully saturated rings. The van der Waals surface area contributed by atoms with Gasteiger partial charge in [-0.05, 0) is 70.6 Å². The van der Waals surface area contributed by atoms with Gasteiger partial charge < -0.3 is 14.7 Å². The van der Waals surface area contributed by atoms with Crippen LogP contribution in [-0.2, 0) is 4.74 Å². The molecule has 11 nitrogen and oxygen atoms in total. The molecular formula is C28H36N6O5. The van der Waals surface area contributed by atoms with E-state index in [0.29, 0.717) is 21.8 Å². The van der Waals surface area contributed by atoms with Crippen molar-refractivity contribution in [2.45, 2.75) is 78.2 Å². The zero-order valence-corrected chi connectivity index (χ0v) is 23.6. The zero-order chi connectivity index (χ0) is 28.6. The third-order valence-electron chi connectivity index (χ3n) is 6.95. The number of imide groups is 1. The van der Waals surface area contributed by atoms with Crippen LogP contribution in [0.25, 0.3) is 16.9 Å². The second-order valence-electron chi connectivity index (χ2n) is 11.2. The number of carbonyl (C=O) groups is 3. The summed E-state index contributed by atoms with van der Waals surface area (Å²) >= 11 is 0. The SMILES string of the molecule is Cc1cc2c(ncn2-c2ncnc(N(C(=O)O)C(=O)OC(C)(C)C)c2C)c(C2CCCCC2)c1C(=O)N(C)C. The maximum absolute atomic E-state index is 13.3. The van der Waals surface area contributed by atoms with E-state index in [0.717, 1.165) is 47.8 Å². The van der Waals surface area contributed by atoms with Crippen LogP contribution in [0.15, 0.2) is 18.7 Å². The van der Waals surface area contributed by atoms with Crippen LogP contribution in [0.2, 0.25) is 0 Å². The number of fused-ring (bicyclic) bond motifs is 1. The van der Waals surface area contributed by atoms with Gasteiger partial charge in [-0.3, -0.25) is 9.36 Å². The van der Waals surface area contributed by atoms with Gasteiger partial charge in [0.05, 0.1) is 11.0 Å². The molecule has 0 saturated heterocycles. The lowest BCUT2D eigenvalue weighted by Crippen LogP contribution is -2.41. The molecule has 0 bridgehead atoms. The molecule has 2 heterocycles. The smallest absolute Gasteiger partial charge is 0.425 e. The van der Waals surface area contributed by atoms with Crippen LogP contribution in [-0.4, -0.2) is 67.3 Å². The van der Waals surface area contributed by atoms with Gasteiger partial charge in [-0.2, -0.15) is 4.90 Å². The van der Waals surface area contributed by atoms with Crippen molar-refractivity contribution in [3.63, 3.8) is 0 Å². The molecule has 0 atom stereocenters. The van der Waals surface area contributed by atoms with Crippen LogP contribution in [0.1, 0.15) is 85.8 Å². The summed E-state index contributed by atoms with van der Waals surface area (Å²) < 4.78 is 7.07. The predicted molar refractivity (Wildman–Crippen MR) is 147 cm³/mol. The molecule has 0 radical (unpaired) electrons. The van der Waals surface area contributed by atoms with Crippen LogP contribution in [0.5, 0.6) is 0 Å². The molecule has 1 aromatic carbocycles. The van der Waals surface area contributed by atoms with Gasteiger partial charge in [0.2, 0.25) is 0 Å². The van der Waals surface area contributed by atoms with E-state index in [9.17, 15) is 19.5 Å². The summed E-state index contributed by atoms with van der Waals surface area (Å²) in [5.41, 5.74) is 3.40. The Labute approximate surface area is 227 Å². The first kappa shape index (κ1) is 28.0. The number of rotatable bonds is 4. The van der Waals surface area contributed by atoms with Gasteiger partial charge in [-0.1, -0.05) is 19.3 Å². The van der Waals surface area contributed by atoms with E-state index in [2.05, 4.69) is 9.97 Å². The number of carbonyl (C=O) groups excluding carboxylic acids is 2. The van der Waals surface area contributed by atoms with Crippen LogP contribution >= 0.6 is 0 Å². The van der Waals surface area contributed by atoms with Gasteiger partial charge in [0, 0.05) is 25.2 Å². The lowest BCUT2D eigenvalue weighted by atomic mass is 9.80. The van der Waals surface area contributed by atoms with E-state index < -0.39 is 17.8 Å². The molecular weight excluding hydrogens is 500 g/mol. The van der Waals surface area contributed by atoms with Gasteiger partial charge >= 0.3 is 12.2 Å².